The van der Waals surface area contributed by atoms with Gasteiger partial charge < -0.3 is 10.4 Å². The highest BCUT2D eigenvalue weighted by Crippen LogP contribution is 2.20. The largest absolute Gasteiger partial charge is 0.392 e. The summed E-state index contributed by atoms with van der Waals surface area (Å²) < 4.78 is 0. The molecule has 24 heavy (non-hydrogen) atoms. The first kappa shape index (κ1) is 17.6. The molecule has 2 rings (SSSR count). The van der Waals surface area contributed by atoms with E-state index in [2.05, 4.69) is 5.32 Å². The normalized spacial score (nSPS) is 10.4. The number of nitro benzene ring substituents is 1. The molecule has 0 atom stereocenters. The highest BCUT2D eigenvalue weighted by Gasteiger charge is 2.16. The minimum absolute atomic E-state index is 0.00352. The topological polar surface area (TPSA) is 92.5 Å². The highest BCUT2D eigenvalue weighted by molar-refractivity contribution is 5.95. The Balaban J connectivity index is 1.96. The number of carbonyl (C=O) groups excluding carboxylic acids is 1. The molecule has 126 valence electrons. The van der Waals surface area contributed by atoms with Crippen molar-refractivity contribution in [1.82, 2.24) is 5.32 Å². The summed E-state index contributed by atoms with van der Waals surface area (Å²) in [5.41, 5.74) is 2.76. The molecule has 2 aromatic carbocycles. The second kappa shape index (κ2) is 8.21. The third-order valence-electron chi connectivity index (χ3n) is 3.83. The second-order valence-electron chi connectivity index (χ2n) is 5.43. The van der Waals surface area contributed by atoms with Gasteiger partial charge >= 0.3 is 0 Å². The third-order valence-corrected chi connectivity index (χ3v) is 3.83. The summed E-state index contributed by atoms with van der Waals surface area (Å²) in [5.74, 6) is -0.326. The van der Waals surface area contributed by atoms with Gasteiger partial charge in [0, 0.05) is 23.7 Å². The van der Waals surface area contributed by atoms with E-state index in [1.165, 1.54) is 6.07 Å². The van der Waals surface area contributed by atoms with Crippen molar-refractivity contribution in [3.05, 3.63) is 74.8 Å². The molecule has 0 saturated carbocycles. The van der Waals surface area contributed by atoms with Gasteiger partial charge in [-0.1, -0.05) is 37.3 Å². The van der Waals surface area contributed by atoms with Gasteiger partial charge in [0.2, 0.25) is 0 Å². The van der Waals surface area contributed by atoms with Crippen LogP contribution in [0, 0.1) is 10.1 Å². The number of hydrogen-bond donors (Lipinski definition) is 2. The summed E-state index contributed by atoms with van der Waals surface area (Å²) in [7, 11) is 0. The van der Waals surface area contributed by atoms with E-state index in [1.54, 1.807) is 12.1 Å². The zero-order valence-corrected chi connectivity index (χ0v) is 13.5. The Hall–Kier alpha value is -2.73. The molecule has 0 unspecified atom stereocenters. The molecule has 0 bridgehead atoms. The van der Waals surface area contributed by atoms with Crippen LogP contribution in [0.4, 0.5) is 5.69 Å². The number of hydrogen-bond acceptors (Lipinski definition) is 4. The summed E-state index contributed by atoms with van der Waals surface area (Å²) in [5, 5.41) is 22.8. The Bertz CT molecular complexity index is 726. The van der Waals surface area contributed by atoms with E-state index >= 15 is 0 Å². The van der Waals surface area contributed by atoms with Crippen LogP contribution in [0.2, 0.25) is 0 Å². The maximum atomic E-state index is 12.1. The predicted molar refractivity (Wildman–Crippen MR) is 90.9 cm³/mol. The van der Waals surface area contributed by atoms with Crippen molar-refractivity contribution in [2.75, 3.05) is 6.54 Å². The zero-order valence-electron chi connectivity index (χ0n) is 13.5. The average Bonchev–Trinajstić information content (AvgIpc) is 2.61. The minimum Gasteiger partial charge on any atom is -0.392 e. The molecule has 0 fully saturated rings. The summed E-state index contributed by atoms with van der Waals surface area (Å²) in [6.07, 6.45) is 1.19. The van der Waals surface area contributed by atoms with E-state index < -0.39 is 4.92 Å². The number of carbonyl (C=O) groups is 1. The van der Waals surface area contributed by atoms with Crippen molar-refractivity contribution < 1.29 is 14.8 Å². The molecule has 0 heterocycles. The Morgan fingerprint density at radius 3 is 2.42 bits per heavy atom. The predicted octanol–water partition coefficient (Wildman–Crippen LogP) is 2.62. The van der Waals surface area contributed by atoms with Crippen molar-refractivity contribution in [3.63, 3.8) is 0 Å². The maximum Gasteiger partial charge on any atom is 0.273 e. The van der Waals surface area contributed by atoms with E-state index in [4.69, 9.17) is 5.11 Å². The van der Waals surface area contributed by atoms with Gasteiger partial charge in [-0.05, 0) is 30.0 Å². The lowest BCUT2D eigenvalue weighted by atomic mass is 10.1. The van der Waals surface area contributed by atoms with Gasteiger partial charge in [-0.15, -0.1) is 0 Å². The molecule has 0 spiro atoms. The highest BCUT2D eigenvalue weighted by atomic mass is 16.6. The quantitative estimate of drug-likeness (QED) is 0.603. The monoisotopic (exact) mass is 328 g/mol. The first-order valence-corrected chi connectivity index (χ1v) is 7.79. The molecule has 0 radical (unpaired) electrons. The lowest BCUT2D eigenvalue weighted by Gasteiger charge is -2.07. The van der Waals surface area contributed by atoms with Crippen LogP contribution >= 0.6 is 0 Å². The molecule has 6 nitrogen and oxygen atoms in total. The third kappa shape index (κ3) is 4.39. The minimum atomic E-state index is -0.460. The SMILES string of the molecule is CCc1ccc(C(=O)NCCc2ccc(CO)cc2)cc1[N+](=O)[O-]. The lowest BCUT2D eigenvalue weighted by Crippen LogP contribution is -2.25. The molecule has 6 heteroatoms. The number of nitro groups is 1. The van der Waals surface area contributed by atoms with Crippen LogP contribution < -0.4 is 5.32 Å². The molecule has 2 N–H and O–H groups in total. The van der Waals surface area contributed by atoms with Gasteiger partial charge in [0.05, 0.1) is 11.5 Å². The average molecular weight is 328 g/mol. The fraction of sp³-hybridized carbons (Fsp3) is 0.278. The van der Waals surface area contributed by atoms with Crippen molar-refractivity contribution in [2.24, 2.45) is 0 Å². The van der Waals surface area contributed by atoms with Gasteiger partial charge in [-0.2, -0.15) is 0 Å². The van der Waals surface area contributed by atoms with E-state index in [-0.39, 0.29) is 23.8 Å². The first-order valence-electron chi connectivity index (χ1n) is 7.79. The fourth-order valence-corrected chi connectivity index (χ4v) is 2.41. The summed E-state index contributed by atoms with van der Waals surface area (Å²) in [6.45, 7) is 2.27. The molecule has 0 aliphatic heterocycles. The van der Waals surface area contributed by atoms with E-state index in [0.717, 1.165) is 11.1 Å². The van der Waals surface area contributed by atoms with Gasteiger partial charge in [0.25, 0.3) is 11.6 Å². The van der Waals surface area contributed by atoms with Crippen LogP contribution in [-0.4, -0.2) is 22.5 Å². The lowest BCUT2D eigenvalue weighted by molar-refractivity contribution is -0.385. The Morgan fingerprint density at radius 1 is 1.17 bits per heavy atom. The molecule has 1 amide bonds. The number of rotatable bonds is 7. The van der Waals surface area contributed by atoms with Crippen LogP contribution in [0.5, 0.6) is 0 Å². The Labute approximate surface area is 140 Å². The molecule has 0 saturated heterocycles. The summed E-state index contributed by atoms with van der Waals surface area (Å²) >= 11 is 0. The molecule has 2 aromatic rings. The van der Waals surface area contributed by atoms with Crippen molar-refractivity contribution in [2.45, 2.75) is 26.4 Å². The molecular formula is C18H20N2O4. The van der Waals surface area contributed by atoms with E-state index in [1.807, 2.05) is 31.2 Å². The molecule has 0 aromatic heterocycles. The molecule has 0 aliphatic rings. The second-order valence-corrected chi connectivity index (χ2v) is 5.43. The summed E-state index contributed by atoms with van der Waals surface area (Å²) in [6, 6.07) is 12.0. The standard InChI is InChI=1S/C18H20N2O4/c1-2-15-7-8-16(11-17(15)20(23)24)18(22)19-10-9-13-3-5-14(12-21)6-4-13/h3-8,11,21H,2,9-10,12H2,1H3,(H,19,22). The number of aryl methyl sites for hydroxylation is 1. The number of nitrogens with one attached hydrogen (secondary N) is 1. The maximum absolute atomic E-state index is 12.1. The first-order chi connectivity index (χ1) is 11.5. The van der Waals surface area contributed by atoms with Gasteiger partial charge in [-0.3, -0.25) is 14.9 Å². The van der Waals surface area contributed by atoms with Crippen LogP contribution in [0.1, 0.15) is 34.0 Å². The molecular weight excluding hydrogens is 308 g/mol. The Kier molecular flexibility index (Phi) is 6.03. The van der Waals surface area contributed by atoms with Gasteiger partial charge in [0.15, 0.2) is 0 Å². The van der Waals surface area contributed by atoms with Crippen LogP contribution in [0.3, 0.4) is 0 Å². The van der Waals surface area contributed by atoms with Gasteiger partial charge in [0.1, 0.15) is 0 Å². The number of nitrogens with zero attached hydrogens (tertiary/aromatic N) is 1. The Morgan fingerprint density at radius 2 is 1.83 bits per heavy atom. The van der Waals surface area contributed by atoms with E-state index in [9.17, 15) is 14.9 Å². The molecule has 0 aliphatic carbocycles. The van der Waals surface area contributed by atoms with Crippen molar-refractivity contribution in [3.8, 4) is 0 Å². The number of benzene rings is 2. The zero-order chi connectivity index (χ0) is 17.5. The van der Waals surface area contributed by atoms with Crippen molar-refractivity contribution in [1.29, 1.82) is 0 Å². The van der Waals surface area contributed by atoms with E-state index in [0.29, 0.717) is 24.9 Å². The smallest absolute Gasteiger partial charge is 0.273 e. The van der Waals surface area contributed by atoms with Crippen LogP contribution in [-0.2, 0) is 19.4 Å². The fourth-order valence-electron chi connectivity index (χ4n) is 2.41. The van der Waals surface area contributed by atoms with Crippen molar-refractivity contribution >= 4 is 11.6 Å². The number of aliphatic hydroxyl groups excluding tert-OH is 1. The number of amides is 1. The summed E-state index contributed by atoms with van der Waals surface area (Å²) in [4.78, 5) is 22.7. The van der Waals surface area contributed by atoms with Crippen LogP contribution in [0.15, 0.2) is 42.5 Å². The van der Waals surface area contributed by atoms with Crippen LogP contribution in [0.25, 0.3) is 0 Å². The number of aliphatic hydroxyl groups is 1. The van der Waals surface area contributed by atoms with Gasteiger partial charge in [-0.25, -0.2) is 0 Å².